The SMILES string of the molecule is CCCN(c1cc(OC)cc(OC)c1)c1ccc2ncc(-c3cnn(C)c3)nc2c1.COc1cc(OC)cc(N(CC2CC2)c2ccc3ncc(-c4cn[nH]c4)nc3c2)c1.COc1cc(OC)cc(N(CC2CC2)c2ccc3ncc(-c4cnn(CC(=O)N(C)C)c4)nc3c2)c1.COc1cc(OC)cc(N(CC2CC2)c2ccc3ncc(-c4cnn(CCCN)c4)nc3c2)c1. The molecule has 8 aromatic heterocycles. The Kier molecular flexibility index (Phi) is 27.7. The van der Waals surface area contributed by atoms with Gasteiger partial charge in [0.15, 0.2) is 0 Å². The van der Waals surface area contributed by atoms with Crippen molar-refractivity contribution in [1.29, 1.82) is 0 Å². The third-order valence-corrected chi connectivity index (χ3v) is 22.8. The van der Waals surface area contributed by atoms with Gasteiger partial charge in [-0.05, 0) is 148 Å². The predicted octanol–water partition coefficient (Wildman–Crippen LogP) is 17.7. The van der Waals surface area contributed by atoms with Gasteiger partial charge >= 0.3 is 0 Å². The first-order valence-electron chi connectivity index (χ1n) is 43.5. The molecule has 16 aromatic rings. The molecule has 0 atom stereocenters. The van der Waals surface area contributed by atoms with Crippen molar-refractivity contribution >= 4 is 95.5 Å². The number of nitrogens with one attached hydrogen (secondary N) is 1. The van der Waals surface area contributed by atoms with E-state index in [1.54, 1.807) is 129 Å². The van der Waals surface area contributed by atoms with Crippen LogP contribution < -0.4 is 63.2 Å². The van der Waals surface area contributed by atoms with Gasteiger partial charge in [-0.1, -0.05) is 6.92 Å². The first-order chi connectivity index (χ1) is 63.4. The predicted molar refractivity (Wildman–Crippen MR) is 507 cm³/mol. The van der Waals surface area contributed by atoms with E-state index in [0.29, 0.717) is 30.0 Å². The zero-order chi connectivity index (χ0) is 90.3. The number of anilines is 8. The van der Waals surface area contributed by atoms with Crippen LogP contribution >= 0.6 is 0 Å². The van der Waals surface area contributed by atoms with Crippen molar-refractivity contribution in [2.24, 2.45) is 30.5 Å². The Labute approximate surface area is 754 Å². The highest BCUT2D eigenvalue weighted by Gasteiger charge is 2.30. The summed E-state index contributed by atoms with van der Waals surface area (Å²) in [6.45, 7) is 7.40. The lowest BCUT2D eigenvalue weighted by atomic mass is 10.1. The molecule has 8 heterocycles. The minimum Gasteiger partial charge on any atom is -0.497 e. The van der Waals surface area contributed by atoms with Crippen LogP contribution in [0.4, 0.5) is 45.5 Å². The van der Waals surface area contributed by atoms with Crippen LogP contribution in [0.2, 0.25) is 0 Å². The summed E-state index contributed by atoms with van der Waals surface area (Å²) in [5.41, 5.74) is 27.4. The Morgan fingerprint density at radius 1 is 0.385 bits per heavy atom. The molecular formula is C99H108N22O9. The molecule has 0 bridgehead atoms. The molecule has 0 aliphatic heterocycles. The number of nitrogens with zero attached hydrogens (tertiary/aromatic N) is 20. The van der Waals surface area contributed by atoms with Gasteiger partial charge in [-0.2, -0.15) is 20.4 Å². The normalized spacial score (nSPS) is 12.7. The monoisotopic (exact) mass is 1750 g/mol. The fourth-order valence-corrected chi connectivity index (χ4v) is 15.1. The second-order valence-corrected chi connectivity index (χ2v) is 32.5. The second kappa shape index (κ2) is 40.7. The van der Waals surface area contributed by atoms with Gasteiger partial charge in [-0.3, -0.25) is 43.9 Å². The number of H-pyrrole nitrogens is 1. The lowest BCUT2D eigenvalue weighted by Crippen LogP contribution is -2.26. The van der Waals surface area contributed by atoms with Crippen molar-refractivity contribution in [2.45, 2.75) is 71.4 Å². The summed E-state index contributed by atoms with van der Waals surface area (Å²) in [6, 6.07) is 48.6. The van der Waals surface area contributed by atoms with Crippen LogP contribution in [0.1, 0.15) is 58.3 Å². The lowest BCUT2D eigenvalue weighted by molar-refractivity contribution is -0.129. The number of hydrogen-bond donors (Lipinski definition) is 2. The minimum absolute atomic E-state index is 0.0242. The molecule has 3 aliphatic rings. The van der Waals surface area contributed by atoms with E-state index in [1.165, 1.54) is 38.5 Å². The summed E-state index contributed by atoms with van der Waals surface area (Å²) in [5.74, 6) is 8.10. The molecule has 8 aromatic carbocycles. The molecule has 1 amide bonds. The number of carbonyl (C=O) groups is 1. The van der Waals surface area contributed by atoms with Crippen LogP contribution in [0.5, 0.6) is 46.0 Å². The molecule has 0 unspecified atom stereocenters. The Morgan fingerprint density at radius 2 is 0.708 bits per heavy atom. The van der Waals surface area contributed by atoms with E-state index >= 15 is 0 Å². The van der Waals surface area contributed by atoms with Crippen molar-refractivity contribution in [3.05, 3.63) is 220 Å². The van der Waals surface area contributed by atoms with E-state index in [9.17, 15) is 4.79 Å². The van der Waals surface area contributed by atoms with Crippen LogP contribution in [0.25, 0.3) is 89.2 Å². The average molecular weight is 1750 g/mol. The number of fused-ring (bicyclic) bond motifs is 4. The largest absolute Gasteiger partial charge is 0.497 e. The highest BCUT2D eigenvalue weighted by molar-refractivity contribution is 5.87. The second-order valence-electron chi connectivity index (χ2n) is 32.5. The zero-order valence-corrected chi connectivity index (χ0v) is 75.3. The number of amides is 1. The number of aromatic nitrogens is 16. The van der Waals surface area contributed by atoms with Gasteiger partial charge in [-0.15, -0.1) is 0 Å². The summed E-state index contributed by atoms with van der Waals surface area (Å²) in [4.78, 5) is 60.6. The Hall–Kier alpha value is -15.0. The smallest absolute Gasteiger partial charge is 0.243 e. The molecule has 3 N–H and O–H groups in total. The molecule has 3 fully saturated rings. The molecule has 3 aliphatic carbocycles. The molecule has 31 heteroatoms. The molecule has 31 nitrogen and oxygen atoms in total. The minimum atomic E-state index is -0.0242. The first-order valence-corrected chi connectivity index (χ1v) is 43.5. The zero-order valence-electron chi connectivity index (χ0n) is 75.3. The summed E-state index contributed by atoms with van der Waals surface area (Å²) in [5, 5.41) is 19.8. The van der Waals surface area contributed by atoms with Crippen molar-refractivity contribution in [3.63, 3.8) is 0 Å². The van der Waals surface area contributed by atoms with Gasteiger partial charge in [0.2, 0.25) is 5.91 Å². The number of rotatable bonds is 33. The molecule has 0 spiro atoms. The number of methoxy groups -OCH3 is 8. The van der Waals surface area contributed by atoms with Crippen molar-refractivity contribution in [2.75, 3.05) is 123 Å². The van der Waals surface area contributed by atoms with Gasteiger partial charge in [-0.25, -0.2) is 19.9 Å². The quantitative estimate of drug-likeness (QED) is 0.0386. The summed E-state index contributed by atoms with van der Waals surface area (Å²) >= 11 is 0. The summed E-state index contributed by atoms with van der Waals surface area (Å²) in [6.07, 6.45) is 31.1. The number of nitrogens with two attached hydrogens (primary N) is 1. The van der Waals surface area contributed by atoms with Crippen LogP contribution in [0.3, 0.4) is 0 Å². The van der Waals surface area contributed by atoms with E-state index in [-0.39, 0.29) is 12.5 Å². The number of ether oxygens (including phenoxy) is 8. The lowest BCUT2D eigenvalue weighted by Gasteiger charge is -2.26. The first kappa shape index (κ1) is 88.4. The van der Waals surface area contributed by atoms with Crippen molar-refractivity contribution < 1.29 is 42.7 Å². The number of aromatic amines is 1. The van der Waals surface area contributed by atoms with Crippen LogP contribution in [0, 0.1) is 17.8 Å². The maximum Gasteiger partial charge on any atom is 0.243 e. The fourth-order valence-electron chi connectivity index (χ4n) is 15.1. The van der Waals surface area contributed by atoms with E-state index in [4.69, 9.17) is 63.6 Å². The van der Waals surface area contributed by atoms with E-state index < -0.39 is 0 Å². The van der Waals surface area contributed by atoms with Crippen LogP contribution in [0.15, 0.2) is 220 Å². The topological polar surface area (TPSA) is 318 Å². The third-order valence-electron chi connectivity index (χ3n) is 22.8. The highest BCUT2D eigenvalue weighted by atomic mass is 16.5. The molecule has 130 heavy (non-hydrogen) atoms. The Bertz CT molecular complexity index is 6500. The van der Waals surface area contributed by atoms with Gasteiger partial charge in [0.05, 0.1) is 173 Å². The standard InChI is InChI=1S/C27H30N6O3.C26H30N6O2.C23H23N5O2.C23H25N5O2/c1-31(2)27(34)17-32-16-19(13-29-32)26-14-28-24-8-7-20(11-25(24)30-26)33(15-18-5-6-18)21-9-22(35-3)12-23(10-21)36-4;1-33-22-10-21(11-23(13-22)34-2)32(16-18-4-5-18)20-6-7-24-25(12-20)30-26(15-28-24)19-14-29-31(17-19)9-3-8-27;1-29-19-7-18(8-20(10-19)30-2)28(14-15-3-4-15)17-5-6-21-22(9-17)27-23(13-24-21)16-11-25-26-12-16;1-5-8-28(18-9-19(29-3)12-20(10-18)30-4)17-6-7-21-22(11-17)26-23(14-24-21)16-13-25-27(2)15-16/h7-14,16,18H,5-6,15,17H2,1-4H3;6-7,10-15,17-18H,3-5,8-9,16,27H2,1-2H3;5-13,15H,3-4,14H2,1-2H3,(H,25,26);6-7,9-15H,5,8H2,1-4H3. The number of carbonyl (C=O) groups excluding carboxylic acids is 1. The highest BCUT2D eigenvalue weighted by Crippen LogP contribution is 2.44. The number of aryl methyl sites for hydroxylation is 2. The third kappa shape index (κ3) is 21.8. The van der Waals surface area contributed by atoms with Gasteiger partial charge in [0.25, 0.3) is 0 Å². The number of hydrogen-bond acceptors (Lipinski definition) is 26. The fraction of sp³-hybridized carbons (Fsp3) is 0.303. The van der Waals surface area contributed by atoms with Crippen LogP contribution in [-0.2, 0) is 24.9 Å². The molecule has 3 saturated carbocycles. The van der Waals surface area contributed by atoms with E-state index in [1.807, 2.05) is 140 Å². The van der Waals surface area contributed by atoms with Crippen molar-refractivity contribution in [1.82, 2.24) is 84.3 Å². The summed E-state index contributed by atoms with van der Waals surface area (Å²) < 4.78 is 49.3. The van der Waals surface area contributed by atoms with Gasteiger partial charge in [0.1, 0.15) is 52.5 Å². The van der Waals surface area contributed by atoms with E-state index in [2.05, 4.69) is 120 Å². The van der Waals surface area contributed by atoms with Gasteiger partial charge in [0, 0.05) is 219 Å². The van der Waals surface area contributed by atoms with Gasteiger partial charge < -0.3 is 68.1 Å². The molecule has 19 rings (SSSR count). The summed E-state index contributed by atoms with van der Waals surface area (Å²) in [7, 11) is 18.7. The molecule has 668 valence electrons. The maximum atomic E-state index is 12.0. The van der Waals surface area contributed by atoms with Crippen molar-refractivity contribution in [3.8, 4) is 91.0 Å². The maximum absolute atomic E-state index is 12.0. The average Bonchev–Trinajstić information content (AvgIpc) is 1.27. The molecule has 0 saturated heterocycles. The number of likely N-dealkylation sites (N-methyl/N-ethyl adjacent to an activating group) is 1. The van der Waals surface area contributed by atoms with Crippen LogP contribution in [-0.4, -0.2) is 194 Å². The Morgan fingerprint density at radius 3 is 1.02 bits per heavy atom. The molecule has 0 radical (unpaired) electrons. The number of benzene rings is 8. The van der Waals surface area contributed by atoms with E-state index in [0.717, 1.165) is 221 Å². The molecular weight excluding hydrogens is 1640 g/mol. The Balaban J connectivity index is 0.000000127.